The number of hydrogen-bond acceptors (Lipinski definition) is 6. The topological polar surface area (TPSA) is 82.8 Å². The molecule has 0 aliphatic heterocycles. The lowest BCUT2D eigenvalue weighted by Gasteiger charge is -2.07. The van der Waals surface area contributed by atoms with E-state index in [9.17, 15) is 14.4 Å². The van der Waals surface area contributed by atoms with Crippen molar-refractivity contribution in [3.8, 4) is 5.75 Å². The molecule has 1 heterocycles. The average Bonchev–Trinajstić information content (AvgIpc) is 2.66. The first-order chi connectivity index (χ1) is 12.6. The van der Waals surface area contributed by atoms with Crippen molar-refractivity contribution in [3.63, 3.8) is 0 Å². The van der Waals surface area contributed by atoms with E-state index in [0.717, 1.165) is 0 Å². The Hall–Kier alpha value is -3.41. The Kier molecular flexibility index (Phi) is 5.12. The second kappa shape index (κ2) is 7.65. The summed E-state index contributed by atoms with van der Waals surface area (Å²) in [6, 6.07) is 14.8. The second-order valence-electron chi connectivity index (χ2n) is 5.44. The van der Waals surface area contributed by atoms with Crippen molar-refractivity contribution >= 4 is 22.7 Å². The van der Waals surface area contributed by atoms with Crippen LogP contribution in [0, 0.1) is 0 Å². The molecule has 6 nitrogen and oxygen atoms in total. The van der Waals surface area contributed by atoms with Crippen LogP contribution in [0.3, 0.4) is 0 Å². The van der Waals surface area contributed by atoms with Crippen molar-refractivity contribution in [2.24, 2.45) is 0 Å². The maximum Gasteiger partial charge on any atom is 0.347 e. The highest BCUT2D eigenvalue weighted by atomic mass is 16.6. The minimum atomic E-state index is -0.728. The van der Waals surface area contributed by atoms with Crippen LogP contribution in [-0.2, 0) is 9.53 Å². The van der Waals surface area contributed by atoms with Crippen LogP contribution >= 0.6 is 0 Å². The fourth-order valence-corrected chi connectivity index (χ4v) is 2.43. The number of esters is 1. The van der Waals surface area contributed by atoms with Gasteiger partial charge in [-0.05, 0) is 25.1 Å². The molecule has 0 radical (unpaired) electrons. The van der Waals surface area contributed by atoms with E-state index in [1.54, 1.807) is 49.4 Å². The Morgan fingerprint density at radius 1 is 1.04 bits per heavy atom. The van der Waals surface area contributed by atoms with Crippen molar-refractivity contribution in [1.29, 1.82) is 0 Å². The molecule has 0 aliphatic rings. The third-order valence-corrected chi connectivity index (χ3v) is 3.65. The van der Waals surface area contributed by atoms with Crippen LogP contribution in [0.15, 0.2) is 63.8 Å². The van der Waals surface area contributed by atoms with E-state index in [0.29, 0.717) is 16.7 Å². The van der Waals surface area contributed by atoms with Crippen molar-refractivity contribution in [2.75, 3.05) is 13.2 Å². The molecule has 0 aliphatic carbocycles. The Morgan fingerprint density at radius 3 is 2.54 bits per heavy atom. The predicted octanol–water partition coefficient (Wildman–Crippen LogP) is 2.97. The van der Waals surface area contributed by atoms with Crippen LogP contribution in [0.25, 0.3) is 11.0 Å². The Bertz CT molecular complexity index is 1000. The molecule has 6 heteroatoms. The van der Waals surface area contributed by atoms with Gasteiger partial charge in [-0.15, -0.1) is 0 Å². The fraction of sp³-hybridized carbons (Fsp3) is 0.150. The van der Waals surface area contributed by atoms with E-state index in [-0.39, 0.29) is 24.4 Å². The third-order valence-electron chi connectivity index (χ3n) is 3.65. The number of fused-ring (bicyclic) bond motifs is 1. The van der Waals surface area contributed by atoms with Gasteiger partial charge in [0.15, 0.2) is 12.4 Å². The Balaban J connectivity index is 1.88. The van der Waals surface area contributed by atoms with Crippen LogP contribution in [0.1, 0.15) is 22.8 Å². The molecule has 0 N–H and O–H groups in total. The van der Waals surface area contributed by atoms with E-state index in [1.165, 1.54) is 12.1 Å². The zero-order chi connectivity index (χ0) is 18.5. The molecule has 0 spiro atoms. The van der Waals surface area contributed by atoms with Crippen LogP contribution < -0.4 is 10.4 Å². The zero-order valence-corrected chi connectivity index (χ0v) is 14.1. The first-order valence-corrected chi connectivity index (χ1v) is 8.04. The lowest BCUT2D eigenvalue weighted by atomic mass is 10.0. The molecule has 0 amide bonds. The first kappa shape index (κ1) is 17.4. The first-order valence-electron chi connectivity index (χ1n) is 8.04. The van der Waals surface area contributed by atoms with Gasteiger partial charge in [-0.1, -0.05) is 30.3 Å². The van der Waals surface area contributed by atoms with Crippen LogP contribution in [0.2, 0.25) is 0 Å². The summed E-state index contributed by atoms with van der Waals surface area (Å²) < 4.78 is 15.3. The molecule has 1 aromatic heterocycles. The third kappa shape index (κ3) is 3.80. The molecule has 0 saturated heterocycles. The van der Waals surface area contributed by atoms with Gasteiger partial charge in [0.2, 0.25) is 0 Å². The largest absolute Gasteiger partial charge is 0.482 e. The van der Waals surface area contributed by atoms with Gasteiger partial charge in [-0.3, -0.25) is 4.79 Å². The molecular weight excluding hydrogens is 336 g/mol. The summed E-state index contributed by atoms with van der Waals surface area (Å²) in [4.78, 5) is 36.0. The minimum Gasteiger partial charge on any atom is -0.482 e. The normalized spacial score (nSPS) is 10.5. The quantitative estimate of drug-likeness (QED) is 0.385. The van der Waals surface area contributed by atoms with Crippen molar-refractivity contribution in [2.45, 2.75) is 6.92 Å². The van der Waals surface area contributed by atoms with Gasteiger partial charge in [-0.25, -0.2) is 9.59 Å². The number of ketones is 1. The van der Waals surface area contributed by atoms with Gasteiger partial charge < -0.3 is 13.9 Å². The molecule has 3 rings (SSSR count). The average molecular weight is 352 g/mol. The molecule has 0 unspecified atom stereocenters. The summed E-state index contributed by atoms with van der Waals surface area (Å²) in [5.74, 6) is -0.530. The maximum atomic E-state index is 12.5. The number of hydrogen-bond donors (Lipinski definition) is 0. The number of carbonyl (C=O) groups is 2. The summed E-state index contributed by atoms with van der Waals surface area (Å²) in [5.41, 5.74) is -0.0905. The van der Waals surface area contributed by atoms with Gasteiger partial charge in [-0.2, -0.15) is 0 Å². The molecule has 2 aromatic carbocycles. The van der Waals surface area contributed by atoms with E-state index in [4.69, 9.17) is 13.9 Å². The van der Waals surface area contributed by atoms with E-state index in [2.05, 4.69) is 0 Å². The van der Waals surface area contributed by atoms with Gasteiger partial charge in [0.25, 0.3) is 0 Å². The second-order valence-corrected chi connectivity index (χ2v) is 5.44. The van der Waals surface area contributed by atoms with Gasteiger partial charge in [0.05, 0.1) is 6.61 Å². The standard InChI is InChI=1S/C20H16O6/c1-2-24-18(21)12-25-15-9-8-14-10-16(20(23)26-17(14)11-15)19(22)13-6-4-3-5-7-13/h3-11H,2,12H2,1H3. The molecule has 132 valence electrons. The highest BCUT2D eigenvalue weighted by molar-refractivity contribution is 6.09. The van der Waals surface area contributed by atoms with E-state index in [1.807, 2.05) is 0 Å². The smallest absolute Gasteiger partial charge is 0.347 e. The summed E-state index contributed by atoms with van der Waals surface area (Å²) in [7, 11) is 0. The van der Waals surface area contributed by atoms with Crippen LogP contribution in [0.5, 0.6) is 5.75 Å². The summed E-state index contributed by atoms with van der Waals surface area (Å²) >= 11 is 0. The highest BCUT2D eigenvalue weighted by Gasteiger charge is 2.16. The van der Waals surface area contributed by atoms with Gasteiger partial charge >= 0.3 is 11.6 Å². The lowest BCUT2D eigenvalue weighted by Crippen LogP contribution is -2.15. The van der Waals surface area contributed by atoms with Crippen molar-refractivity contribution in [3.05, 3.63) is 76.1 Å². The molecule has 26 heavy (non-hydrogen) atoms. The molecule has 0 fully saturated rings. The predicted molar refractivity (Wildman–Crippen MR) is 94.5 cm³/mol. The number of benzene rings is 2. The molecule has 0 bridgehead atoms. The summed E-state index contributed by atoms with van der Waals surface area (Å²) in [6.07, 6.45) is 0. The monoisotopic (exact) mass is 352 g/mol. The Morgan fingerprint density at radius 2 is 1.81 bits per heavy atom. The molecule has 0 saturated carbocycles. The van der Waals surface area contributed by atoms with Crippen molar-refractivity contribution in [1.82, 2.24) is 0 Å². The number of carbonyl (C=O) groups excluding carboxylic acids is 2. The fourth-order valence-electron chi connectivity index (χ4n) is 2.43. The molecule has 3 aromatic rings. The summed E-state index contributed by atoms with van der Waals surface area (Å²) in [5, 5.41) is 0.576. The Labute approximate surface area is 149 Å². The SMILES string of the molecule is CCOC(=O)COc1ccc2cc(C(=O)c3ccccc3)c(=O)oc2c1. The lowest BCUT2D eigenvalue weighted by molar-refractivity contribution is -0.145. The molecule has 0 atom stereocenters. The summed E-state index contributed by atoms with van der Waals surface area (Å²) in [6.45, 7) is 1.73. The van der Waals surface area contributed by atoms with E-state index < -0.39 is 17.4 Å². The molecular formula is C20H16O6. The number of rotatable bonds is 6. The van der Waals surface area contributed by atoms with Crippen LogP contribution in [-0.4, -0.2) is 25.0 Å². The minimum absolute atomic E-state index is 0.0381. The van der Waals surface area contributed by atoms with Gasteiger partial charge in [0, 0.05) is 17.0 Å². The maximum absolute atomic E-state index is 12.5. The van der Waals surface area contributed by atoms with Crippen molar-refractivity contribution < 1.29 is 23.5 Å². The highest BCUT2D eigenvalue weighted by Crippen LogP contribution is 2.21. The van der Waals surface area contributed by atoms with E-state index >= 15 is 0 Å². The zero-order valence-electron chi connectivity index (χ0n) is 14.1. The van der Waals surface area contributed by atoms with Crippen LogP contribution in [0.4, 0.5) is 0 Å². The number of ether oxygens (including phenoxy) is 2. The van der Waals surface area contributed by atoms with Gasteiger partial charge in [0.1, 0.15) is 16.9 Å².